The third-order valence-corrected chi connectivity index (χ3v) is 3.34. The van der Waals surface area contributed by atoms with Gasteiger partial charge in [-0.3, -0.25) is 4.98 Å². The molecule has 0 aliphatic rings. The fraction of sp³-hybridized carbons (Fsp3) is 0.583. The van der Waals surface area contributed by atoms with Crippen LogP contribution in [0.1, 0.15) is 26.7 Å². The summed E-state index contributed by atoms with van der Waals surface area (Å²) in [6.07, 6.45) is 5.22. The Bertz CT molecular complexity index is 316. The van der Waals surface area contributed by atoms with Gasteiger partial charge in [-0.2, -0.15) is 0 Å². The van der Waals surface area contributed by atoms with E-state index in [2.05, 4.69) is 24.1 Å². The maximum atomic E-state index is 9.44. The molecule has 16 heavy (non-hydrogen) atoms. The van der Waals surface area contributed by atoms with Gasteiger partial charge in [-0.05, 0) is 18.9 Å². The molecule has 0 aliphatic heterocycles. The molecular weight excluding hydrogens is 202 g/mol. The predicted molar refractivity (Wildman–Crippen MR) is 67.2 cm³/mol. The molecule has 0 saturated carbocycles. The summed E-state index contributed by atoms with van der Waals surface area (Å²) in [6, 6.07) is 1.85. The van der Waals surface area contributed by atoms with Crippen LogP contribution < -0.4 is 11.1 Å². The van der Waals surface area contributed by atoms with Crippen LogP contribution in [0.4, 0.5) is 11.4 Å². The molecule has 1 aromatic rings. The van der Waals surface area contributed by atoms with Gasteiger partial charge in [-0.1, -0.05) is 13.8 Å². The van der Waals surface area contributed by atoms with Crippen molar-refractivity contribution in [1.29, 1.82) is 0 Å². The van der Waals surface area contributed by atoms with Crippen LogP contribution in [-0.2, 0) is 0 Å². The lowest BCUT2D eigenvalue weighted by Crippen LogP contribution is -2.32. The molecule has 0 spiro atoms. The van der Waals surface area contributed by atoms with Crippen LogP contribution in [0.5, 0.6) is 0 Å². The third kappa shape index (κ3) is 2.85. The molecule has 0 bridgehead atoms. The van der Waals surface area contributed by atoms with Crippen molar-refractivity contribution in [1.82, 2.24) is 4.98 Å². The van der Waals surface area contributed by atoms with Crippen LogP contribution >= 0.6 is 0 Å². The number of anilines is 2. The lowest BCUT2D eigenvalue weighted by atomic mass is 9.83. The van der Waals surface area contributed by atoms with Gasteiger partial charge in [0.15, 0.2) is 0 Å². The molecule has 1 rings (SSSR count). The van der Waals surface area contributed by atoms with Crippen molar-refractivity contribution < 1.29 is 5.11 Å². The average Bonchev–Trinajstić information content (AvgIpc) is 2.34. The Labute approximate surface area is 96.9 Å². The Morgan fingerprint density at radius 2 is 2.12 bits per heavy atom. The average molecular weight is 223 g/mol. The summed E-state index contributed by atoms with van der Waals surface area (Å²) in [7, 11) is 0. The SMILES string of the molecule is CCC(CC)(CO)CNc1ccncc1N. The van der Waals surface area contributed by atoms with Crippen LogP contribution in [0.25, 0.3) is 0 Å². The fourth-order valence-corrected chi connectivity index (χ4v) is 1.63. The third-order valence-electron chi connectivity index (χ3n) is 3.34. The minimum absolute atomic E-state index is 0.0598. The van der Waals surface area contributed by atoms with Crippen LogP contribution in [0, 0.1) is 5.41 Å². The molecule has 0 fully saturated rings. The smallest absolute Gasteiger partial charge is 0.0736 e. The first-order valence-electron chi connectivity index (χ1n) is 5.71. The van der Waals surface area contributed by atoms with Gasteiger partial charge < -0.3 is 16.2 Å². The largest absolute Gasteiger partial charge is 0.396 e. The van der Waals surface area contributed by atoms with Gasteiger partial charge in [0.05, 0.1) is 24.2 Å². The van der Waals surface area contributed by atoms with Crippen molar-refractivity contribution in [3.63, 3.8) is 0 Å². The number of aromatic nitrogens is 1. The molecule has 4 nitrogen and oxygen atoms in total. The van der Waals surface area contributed by atoms with Crippen LogP contribution in [-0.4, -0.2) is 23.2 Å². The maximum absolute atomic E-state index is 9.44. The zero-order valence-electron chi connectivity index (χ0n) is 10.0. The van der Waals surface area contributed by atoms with Gasteiger partial charge in [0.2, 0.25) is 0 Å². The van der Waals surface area contributed by atoms with E-state index >= 15 is 0 Å². The number of nitrogen functional groups attached to an aromatic ring is 1. The zero-order chi connectivity index (χ0) is 12.0. The van der Waals surface area contributed by atoms with Gasteiger partial charge in [-0.25, -0.2) is 0 Å². The molecule has 0 atom stereocenters. The van der Waals surface area contributed by atoms with Gasteiger partial charge >= 0.3 is 0 Å². The number of aliphatic hydroxyl groups is 1. The van der Waals surface area contributed by atoms with Crippen molar-refractivity contribution in [3.05, 3.63) is 18.5 Å². The van der Waals surface area contributed by atoms with Crippen molar-refractivity contribution in [2.24, 2.45) is 5.41 Å². The molecule has 0 aromatic carbocycles. The highest BCUT2D eigenvalue weighted by atomic mass is 16.3. The van der Waals surface area contributed by atoms with Crippen molar-refractivity contribution >= 4 is 11.4 Å². The standard InChI is InChI=1S/C12H21N3O/c1-3-12(4-2,9-16)8-15-11-5-6-14-7-10(11)13/h5-7,16H,3-4,8-9,13H2,1-2H3,(H,14,15). The second kappa shape index (κ2) is 5.70. The van der Waals surface area contributed by atoms with E-state index in [0.717, 1.165) is 25.1 Å². The molecule has 0 radical (unpaired) electrons. The van der Waals surface area contributed by atoms with Gasteiger partial charge in [-0.15, -0.1) is 0 Å². The molecule has 0 amide bonds. The zero-order valence-corrected chi connectivity index (χ0v) is 10.0. The maximum Gasteiger partial charge on any atom is 0.0736 e. The first-order valence-corrected chi connectivity index (χ1v) is 5.71. The number of nitrogens with one attached hydrogen (secondary N) is 1. The number of hydrogen-bond donors (Lipinski definition) is 3. The quantitative estimate of drug-likeness (QED) is 0.688. The van der Waals surface area contributed by atoms with Crippen molar-refractivity contribution in [3.8, 4) is 0 Å². The molecular formula is C12H21N3O. The normalized spacial score (nSPS) is 11.4. The van der Waals surface area contributed by atoms with E-state index in [1.54, 1.807) is 12.4 Å². The minimum atomic E-state index is -0.0598. The lowest BCUT2D eigenvalue weighted by Gasteiger charge is -2.30. The van der Waals surface area contributed by atoms with Gasteiger partial charge in [0.25, 0.3) is 0 Å². The summed E-state index contributed by atoms with van der Waals surface area (Å²) in [5, 5.41) is 12.7. The summed E-state index contributed by atoms with van der Waals surface area (Å²) in [5.41, 5.74) is 7.25. The lowest BCUT2D eigenvalue weighted by molar-refractivity contribution is 0.127. The summed E-state index contributed by atoms with van der Waals surface area (Å²) < 4.78 is 0. The topological polar surface area (TPSA) is 71.2 Å². The summed E-state index contributed by atoms with van der Waals surface area (Å²) in [5.74, 6) is 0. The molecule has 1 heterocycles. The van der Waals surface area contributed by atoms with E-state index in [9.17, 15) is 5.11 Å². The number of nitrogens with two attached hydrogens (primary N) is 1. The number of rotatable bonds is 6. The minimum Gasteiger partial charge on any atom is -0.396 e. The second-order valence-corrected chi connectivity index (χ2v) is 4.18. The summed E-state index contributed by atoms with van der Waals surface area (Å²) in [6.45, 7) is 5.11. The molecule has 0 unspecified atom stereocenters. The van der Waals surface area contributed by atoms with Crippen LogP contribution in [0.2, 0.25) is 0 Å². The van der Waals surface area contributed by atoms with E-state index in [1.807, 2.05) is 6.07 Å². The Hall–Kier alpha value is -1.29. The number of aliphatic hydroxyl groups excluding tert-OH is 1. The molecule has 4 N–H and O–H groups in total. The van der Waals surface area contributed by atoms with E-state index in [1.165, 1.54) is 0 Å². The first kappa shape index (κ1) is 12.8. The summed E-state index contributed by atoms with van der Waals surface area (Å²) >= 11 is 0. The van der Waals surface area contributed by atoms with Gasteiger partial charge in [0, 0.05) is 18.2 Å². The molecule has 4 heteroatoms. The number of hydrogen-bond acceptors (Lipinski definition) is 4. The predicted octanol–water partition coefficient (Wildman–Crippen LogP) is 1.87. The Balaban J connectivity index is 2.66. The molecule has 0 aliphatic carbocycles. The summed E-state index contributed by atoms with van der Waals surface area (Å²) in [4.78, 5) is 3.94. The highest BCUT2D eigenvalue weighted by Gasteiger charge is 2.24. The fourth-order valence-electron chi connectivity index (χ4n) is 1.63. The highest BCUT2D eigenvalue weighted by Crippen LogP contribution is 2.27. The van der Waals surface area contributed by atoms with E-state index in [-0.39, 0.29) is 12.0 Å². The first-order chi connectivity index (χ1) is 7.67. The highest BCUT2D eigenvalue weighted by molar-refractivity contribution is 5.64. The van der Waals surface area contributed by atoms with E-state index < -0.39 is 0 Å². The number of pyridine rings is 1. The molecule has 0 saturated heterocycles. The van der Waals surface area contributed by atoms with Crippen molar-refractivity contribution in [2.75, 3.05) is 24.2 Å². The van der Waals surface area contributed by atoms with Crippen molar-refractivity contribution in [2.45, 2.75) is 26.7 Å². The monoisotopic (exact) mass is 223 g/mol. The molecule has 1 aromatic heterocycles. The van der Waals surface area contributed by atoms with Gasteiger partial charge in [0.1, 0.15) is 0 Å². The van der Waals surface area contributed by atoms with Crippen LogP contribution in [0.15, 0.2) is 18.5 Å². The Morgan fingerprint density at radius 3 is 2.62 bits per heavy atom. The van der Waals surface area contributed by atoms with E-state index in [0.29, 0.717) is 5.69 Å². The van der Waals surface area contributed by atoms with Crippen LogP contribution in [0.3, 0.4) is 0 Å². The molecule has 90 valence electrons. The Morgan fingerprint density at radius 1 is 1.44 bits per heavy atom. The Kier molecular flexibility index (Phi) is 4.55. The second-order valence-electron chi connectivity index (χ2n) is 4.18. The van der Waals surface area contributed by atoms with E-state index in [4.69, 9.17) is 5.73 Å². The number of nitrogens with zero attached hydrogens (tertiary/aromatic N) is 1.